The number of hydrogen-bond donors (Lipinski definition) is 2. The molecule has 3 rings (SSSR count). The molecule has 2 N–H and O–H groups in total. The smallest absolute Gasteiger partial charge is 0.378 e. The van der Waals surface area contributed by atoms with Gasteiger partial charge in [-0.1, -0.05) is 26.0 Å². The van der Waals surface area contributed by atoms with Gasteiger partial charge in [0.05, 0.1) is 27.9 Å². The third kappa shape index (κ3) is 5.45. The number of amides is 1. The first-order chi connectivity index (χ1) is 15.6. The van der Waals surface area contributed by atoms with Gasteiger partial charge in [-0.15, -0.1) is 0 Å². The minimum Gasteiger partial charge on any atom is -0.378 e. The first-order valence-corrected chi connectivity index (χ1v) is 9.96. The third-order valence-corrected chi connectivity index (χ3v) is 4.72. The second kappa shape index (κ2) is 9.67. The van der Waals surface area contributed by atoms with E-state index in [9.17, 15) is 28.1 Å². The van der Waals surface area contributed by atoms with Crippen LogP contribution in [0.15, 0.2) is 48.8 Å². The fourth-order valence-electron chi connectivity index (χ4n) is 3.20. The van der Waals surface area contributed by atoms with Crippen LogP contribution in [0.1, 0.15) is 41.4 Å². The van der Waals surface area contributed by atoms with Crippen LogP contribution in [0.25, 0.3) is 5.82 Å². The summed E-state index contributed by atoms with van der Waals surface area (Å²) in [5, 5.41) is 20.8. The van der Waals surface area contributed by atoms with E-state index in [1.807, 2.05) is 13.8 Å². The maximum atomic E-state index is 12.8. The lowest BCUT2D eigenvalue weighted by Gasteiger charge is -2.13. The topological polar surface area (TPSA) is 115 Å². The van der Waals surface area contributed by atoms with Crippen LogP contribution in [0.3, 0.4) is 0 Å². The van der Waals surface area contributed by atoms with E-state index in [0.717, 1.165) is 12.3 Å². The van der Waals surface area contributed by atoms with E-state index in [1.54, 1.807) is 18.2 Å². The van der Waals surface area contributed by atoms with Crippen molar-refractivity contribution in [2.75, 3.05) is 18.4 Å². The van der Waals surface area contributed by atoms with Gasteiger partial charge in [0, 0.05) is 25.4 Å². The summed E-state index contributed by atoms with van der Waals surface area (Å²) >= 11 is 0. The quantitative estimate of drug-likeness (QED) is 0.295. The summed E-state index contributed by atoms with van der Waals surface area (Å²) in [5.74, 6) is -0.451. The highest BCUT2D eigenvalue weighted by atomic mass is 19.4. The van der Waals surface area contributed by atoms with Crippen molar-refractivity contribution in [3.63, 3.8) is 0 Å². The van der Waals surface area contributed by atoms with Gasteiger partial charge in [-0.3, -0.25) is 14.9 Å². The van der Waals surface area contributed by atoms with Crippen LogP contribution in [0.5, 0.6) is 0 Å². The first-order valence-electron chi connectivity index (χ1n) is 9.96. The maximum absolute atomic E-state index is 12.8. The number of carbonyl (C=O) groups is 1. The summed E-state index contributed by atoms with van der Waals surface area (Å²) in [6, 6.07) is 8.26. The van der Waals surface area contributed by atoms with Gasteiger partial charge >= 0.3 is 6.18 Å². The molecule has 0 fully saturated rings. The lowest BCUT2D eigenvalue weighted by Crippen LogP contribution is -2.29. The van der Waals surface area contributed by atoms with Crippen LogP contribution in [0.2, 0.25) is 0 Å². The summed E-state index contributed by atoms with van der Waals surface area (Å²) in [6.45, 7) is 4.06. The molecule has 174 valence electrons. The second-order valence-electron chi connectivity index (χ2n) is 7.37. The van der Waals surface area contributed by atoms with Crippen molar-refractivity contribution < 1.29 is 22.9 Å². The zero-order chi connectivity index (χ0) is 24.2. The van der Waals surface area contributed by atoms with Crippen molar-refractivity contribution in [3.05, 3.63) is 75.7 Å². The number of benzene rings is 1. The molecule has 2 aromatic heterocycles. The summed E-state index contributed by atoms with van der Waals surface area (Å²) in [5.41, 5.74) is 0.134. The highest BCUT2D eigenvalue weighted by molar-refractivity contribution is 5.95. The minimum atomic E-state index is -4.50. The Morgan fingerprint density at radius 2 is 1.88 bits per heavy atom. The molecule has 0 aliphatic heterocycles. The number of aromatic nitrogens is 3. The summed E-state index contributed by atoms with van der Waals surface area (Å²) in [6.07, 6.45) is -2.45. The van der Waals surface area contributed by atoms with Gasteiger partial charge < -0.3 is 10.6 Å². The van der Waals surface area contributed by atoms with E-state index in [2.05, 4.69) is 20.7 Å². The number of pyridine rings is 1. The fraction of sp³-hybridized carbons (Fsp3) is 0.286. The Morgan fingerprint density at radius 1 is 1.15 bits per heavy atom. The zero-order valence-corrected chi connectivity index (χ0v) is 17.8. The first kappa shape index (κ1) is 23.7. The lowest BCUT2D eigenvalue weighted by molar-refractivity contribution is -0.384. The molecular weight excluding hydrogens is 441 g/mol. The van der Waals surface area contributed by atoms with E-state index in [4.69, 9.17) is 0 Å². The molecule has 0 radical (unpaired) electrons. The Hall–Kier alpha value is -3.96. The van der Waals surface area contributed by atoms with Gasteiger partial charge in [0.2, 0.25) is 0 Å². The number of nitrogens with one attached hydrogen (secondary N) is 2. The van der Waals surface area contributed by atoms with Crippen molar-refractivity contribution in [3.8, 4) is 5.82 Å². The SMILES string of the molecule is CC(C)c1c(C(=O)NCCNc2ccccc2[N+](=O)[O-])cnn1-c1ccc(C(F)(F)F)cn1. The van der Waals surface area contributed by atoms with Crippen molar-refractivity contribution in [1.29, 1.82) is 0 Å². The molecule has 0 bridgehead atoms. The van der Waals surface area contributed by atoms with E-state index in [0.29, 0.717) is 11.4 Å². The zero-order valence-electron chi connectivity index (χ0n) is 17.8. The number of anilines is 1. The molecule has 0 unspecified atom stereocenters. The van der Waals surface area contributed by atoms with Crippen LogP contribution in [-0.4, -0.2) is 38.7 Å². The van der Waals surface area contributed by atoms with Gasteiger partial charge in [-0.05, 0) is 24.1 Å². The summed E-state index contributed by atoms with van der Waals surface area (Å²) in [4.78, 5) is 27.1. The number of para-hydroxylation sites is 2. The molecule has 1 amide bonds. The van der Waals surface area contributed by atoms with Crippen LogP contribution in [0.4, 0.5) is 24.5 Å². The highest BCUT2D eigenvalue weighted by Crippen LogP contribution is 2.29. The number of carbonyl (C=O) groups excluding carboxylic acids is 1. The molecule has 0 aliphatic carbocycles. The van der Waals surface area contributed by atoms with E-state index in [1.165, 1.54) is 23.0 Å². The van der Waals surface area contributed by atoms with Gasteiger partial charge in [-0.2, -0.15) is 18.3 Å². The third-order valence-electron chi connectivity index (χ3n) is 4.72. The summed E-state index contributed by atoms with van der Waals surface area (Å²) in [7, 11) is 0. The Balaban J connectivity index is 1.70. The number of alkyl halides is 3. The average molecular weight is 462 g/mol. The Labute approximate surface area is 186 Å². The normalized spacial score (nSPS) is 11.5. The predicted molar refractivity (Wildman–Crippen MR) is 114 cm³/mol. The van der Waals surface area contributed by atoms with Gasteiger partial charge in [0.25, 0.3) is 11.6 Å². The standard InChI is InChI=1S/C21H21F3N6O3/c1-13(2)19-15(12-28-29(19)18-8-7-14(11-27-18)21(22,23)24)20(31)26-10-9-25-16-5-3-4-6-17(16)30(32)33/h3-8,11-13,25H,9-10H2,1-2H3,(H,26,31). The number of hydrogen-bond acceptors (Lipinski definition) is 6. The molecular formula is C21H21F3N6O3. The van der Waals surface area contributed by atoms with Crippen molar-refractivity contribution >= 4 is 17.3 Å². The molecule has 1 aromatic carbocycles. The highest BCUT2D eigenvalue weighted by Gasteiger charge is 2.31. The number of halogens is 3. The molecule has 12 heteroatoms. The molecule has 3 aromatic rings. The Bertz CT molecular complexity index is 1140. The van der Waals surface area contributed by atoms with E-state index in [-0.39, 0.29) is 36.1 Å². The van der Waals surface area contributed by atoms with Crippen LogP contribution in [-0.2, 0) is 6.18 Å². The summed E-state index contributed by atoms with van der Waals surface area (Å²) < 4.78 is 39.7. The molecule has 0 aliphatic rings. The predicted octanol–water partition coefficient (Wildman–Crippen LogP) is 4.16. The minimum absolute atomic E-state index is 0.0729. The average Bonchev–Trinajstić information content (AvgIpc) is 3.22. The number of nitrogens with zero attached hydrogens (tertiary/aromatic N) is 4. The van der Waals surface area contributed by atoms with Crippen LogP contribution < -0.4 is 10.6 Å². The van der Waals surface area contributed by atoms with Gasteiger partial charge in [0.15, 0.2) is 5.82 Å². The molecule has 0 spiro atoms. The number of nitro benzene ring substituents is 1. The Morgan fingerprint density at radius 3 is 2.48 bits per heavy atom. The fourth-order valence-corrected chi connectivity index (χ4v) is 3.20. The van der Waals surface area contributed by atoms with E-state index < -0.39 is 22.6 Å². The number of nitro groups is 1. The van der Waals surface area contributed by atoms with E-state index >= 15 is 0 Å². The molecule has 9 nitrogen and oxygen atoms in total. The number of rotatable bonds is 8. The lowest BCUT2D eigenvalue weighted by atomic mass is 10.1. The molecule has 0 saturated carbocycles. The Kier molecular flexibility index (Phi) is 6.95. The van der Waals surface area contributed by atoms with Crippen LogP contribution in [0, 0.1) is 10.1 Å². The van der Waals surface area contributed by atoms with Crippen LogP contribution >= 0.6 is 0 Å². The molecule has 0 atom stereocenters. The molecule has 0 saturated heterocycles. The largest absolute Gasteiger partial charge is 0.417 e. The molecule has 33 heavy (non-hydrogen) atoms. The molecule has 2 heterocycles. The van der Waals surface area contributed by atoms with Crippen molar-refractivity contribution in [2.24, 2.45) is 0 Å². The van der Waals surface area contributed by atoms with Gasteiger partial charge in [-0.25, -0.2) is 9.67 Å². The second-order valence-corrected chi connectivity index (χ2v) is 7.37. The van der Waals surface area contributed by atoms with Gasteiger partial charge in [0.1, 0.15) is 5.69 Å². The van der Waals surface area contributed by atoms with Crippen molar-refractivity contribution in [2.45, 2.75) is 25.9 Å². The van der Waals surface area contributed by atoms with Crippen molar-refractivity contribution in [1.82, 2.24) is 20.1 Å². The monoisotopic (exact) mass is 462 g/mol. The maximum Gasteiger partial charge on any atom is 0.417 e.